The van der Waals surface area contributed by atoms with Gasteiger partial charge in [0.25, 0.3) is 0 Å². The van der Waals surface area contributed by atoms with Gasteiger partial charge in [0.15, 0.2) is 5.84 Å². The molecule has 6 aromatic carbocycles. The molecular formula is C39H25N3O2. The van der Waals surface area contributed by atoms with Crippen molar-refractivity contribution in [2.75, 3.05) is 0 Å². The summed E-state index contributed by atoms with van der Waals surface area (Å²) in [5, 5.41) is 7.77. The first-order valence-corrected chi connectivity index (χ1v) is 14.7. The first-order chi connectivity index (χ1) is 21.8. The fourth-order valence-corrected chi connectivity index (χ4v) is 6.32. The fourth-order valence-electron chi connectivity index (χ4n) is 6.32. The second-order valence-corrected chi connectivity index (χ2v) is 11.0. The maximum absolute atomic E-state index is 6.51. The Morgan fingerprint density at radius 3 is 1.86 bits per heavy atom. The molecule has 0 saturated heterocycles. The zero-order chi connectivity index (χ0) is 29.0. The Labute approximate surface area is 252 Å². The maximum Gasteiger partial charge on any atom is 0.160 e. The number of amidine groups is 2. The van der Waals surface area contributed by atoms with E-state index in [1.807, 2.05) is 78.9 Å². The number of para-hydroxylation sites is 2. The van der Waals surface area contributed by atoms with E-state index in [1.54, 1.807) is 0 Å². The highest BCUT2D eigenvalue weighted by Crippen LogP contribution is 2.41. The first-order valence-electron chi connectivity index (χ1n) is 14.7. The Hall–Kier alpha value is -5.94. The Morgan fingerprint density at radius 2 is 1.11 bits per heavy atom. The van der Waals surface area contributed by atoms with Gasteiger partial charge in [-0.05, 0) is 47.0 Å². The molecule has 5 nitrogen and oxygen atoms in total. The second-order valence-electron chi connectivity index (χ2n) is 11.0. The molecule has 9 rings (SSSR count). The number of fused-ring (bicyclic) bond motifs is 6. The van der Waals surface area contributed by atoms with Crippen LogP contribution >= 0.6 is 0 Å². The summed E-state index contributed by atoms with van der Waals surface area (Å²) in [5.41, 5.74) is 8.39. The van der Waals surface area contributed by atoms with Crippen LogP contribution in [0.15, 0.2) is 158 Å². The van der Waals surface area contributed by atoms with Crippen molar-refractivity contribution in [3.63, 3.8) is 0 Å². The second kappa shape index (κ2) is 9.82. The van der Waals surface area contributed by atoms with E-state index in [4.69, 9.17) is 18.8 Å². The van der Waals surface area contributed by atoms with Crippen LogP contribution < -0.4 is 5.32 Å². The summed E-state index contributed by atoms with van der Waals surface area (Å²) >= 11 is 0. The number of rotatable bonds is 4. The van der Waals surface area contributed by atoms with Crippen LogP contribution in [0.1, 0.15) is 22.9 Å². The van der Waals surface area contributed by atoms with E-state index in [9.17, 15) is 0 Å². The van der Waals surface area contributed by atoms with E-state index in [1.165, 1.54) is 0 Å². The third kappa shape index (κ3) is 3.94. The highest BCUT2D eigenvalue weighted by Gasteiger charge is 2.25. The number of furan rings is 2. The molecule has 3 heterocycles. The Balaban J connectivity index is 1.34. The van der Waals surface area contributed by atoms with Crippen LogP contribution in [0, 0.1) is 0 Å². The van der Waals surface area contributed by atoms with Crippen molar-refractivity contribution >= 4 is 55.5 Å². The summed E-state index contributed by atoms with van der Waals surface area (Å²) in [5.74, 6) is 1.43. The smallest absolute Gasteiger partial charge is 0.160 e. The number of nitrogens with zero attached hydrogens (tertiary/aromatic N) is 2. The lowest BCUT2D eigenvalue weighted by Crippen LogP contribution is -2.33. The molecule has 1 atom stereocenters. The number of hydrogen-bond donors (Lipinski definition) is 1. The lowest BCUT2D eigenvalue weighted by atomic mass is 9.95. The predicted octanol–water partition coefficient (Wildman–Crippen LogP) is 9.65. The van der Waals surface area contributed by atoms with Crippen LogP contribution in [-0.2, 0) is 0 Å². The van der Waals surface area contributed by atoms with Gasteiger partial charge in [0.2, 0.25) is 0 Å². The van der Waals surface area contributed by atoms with Gasteiger partial charge in [-0.2, -0.15) is 0 Å². The fraction of sp³-hybridized carbons (Fsp3) is 0.0256. The largest absolute Gasteiger partial charge is 0.456 e. The van der Waals surface area contributed by atoms with Gasteiger partial charge in [-0.1, -0.05) is 109 Å². The summed E-state index contributed by atoms with van der Waals surface area (Å²) in [6, 6.07) is 47.4. The SMILES string of the molecule is c1ccc(C2=NC(c3cc(-c4cccc5oc6ccccc6c45)cc4oc5ccccc5c34)=NC(c3ccccc3)N2)cc1. The molecule has 1 aliphatic heterocycles. The molecular weight excluding hydrogens is 542 g/mol. The zero-order valence-electron chi connectivity index (χ0n) is 23.6. The van der Waals surface area contributed by atoms with Gasteiger partial charge in [-0.15, -0.1) is 0 Å². The standard InChI is InChI=1S/C39H25N3O2/c1-3-12-24(13-4-1)37-40-38(25-14-5-2-6-15-25)42-39(41-37)30-22-26(23-34-36(30)29-17-8-10-20-32(29)44-34)27-18-11-21-33-35(27)28-16-7-9-19-31(28)43-33/h1-23,37H,(H,40,41,42). The van der Waals surface area contributed by atoms with Crippen molar-refractivity contribution in [2.45, 2.75) is 6.17 Å². The van der Waals surface area contributed by atoms with Gasteiger partial charge in [0.1, 0.15) is 34.3 Å². The third-order valence-electron chi connectivity index (χ3n) is 8.34. The molecule has 0 spiro atoms. The molecule has 5 heteroatoms. The molecule has 8 aromatic rings. The first kappa shape index (κ1) is 24.6. The number of aliphatic imine (C=N–C) groups is 2. The van der Waals surface area contributed by atoms with Crippen LogP contribution in [0.3, 0.4) is 0 Å². The quantitative estimate of drug-likeness (QED) is 0.230. The van der Waals surface area contributed by atoms with Crippen LogP contribution in [0.4, 0.5) is 0 Å². The average Bonchev–Trinajstić information content (AvgIpc) is 3.67. The van der Waals surface area contributed by atoms with Crippen LogP contribution in [0.25, 0.3) is 55.0 Å². The Bertz CT molecular complexity index is 2420. The summed E-state index contributed by atoms with van der Waals surface area (Å²) in [6.45, 7) is 0. The molecule has 0 saturated carbocycles. The van der Waals surface area contributed by atoms with Crippen molar-refractivity contribution in [1.82, 2.24) is 5.32 Å². The molecule has 0 bridgehead atoms. The molecule has 1 N–H and O–H groups in total. The number of nitrogens with one attached hydrogen (secondary N) is 1. The van der Waals surface area contributed by atoms with Gasteiger partial charge in [-0.25, -0.2) is 9.98 Å². The summed E-state index contributed by atoms with van der Waals surface area (Å²) < 4.78 is 12.8. The van der Waals surface area contributed by atoms with Gasteiger partial charge in [0, 0.05) is 32.7 Å². The van der Waals surface area contributed by atoms with Gasteiger partial charge in [0.05, 0.1) is 0 Å². The van der Waals surface area contributed by atoms with Crippen molar-refractivity contribution in [3.05, 3.63) is 156 Å². The molecule has 2 aromatic heterocycles. The molecule has 0 amide bonds. The van der Waals surface area contributed by atoms with Crippen molar-refractivity contribution in [2.24, 2.45) is 9.98 Å². The van der Waals surface area contributed by atoms with Gasteiger partial charge < -0.3 is 14.2 Å². The molecule has 0 aliphatic carbocycles. The number of hydrogen-bond acceptors (Lipinski definition) is 5. The summed E-state index contributed by atoms with van der Waals surface area (Å²) in [7, 11) is 0. The van der Waals surface area contributed by atoms with Crippen LogP contribution in [0.2, 0.25) is 0 Å². The molecule has 44 heavy (non-hydrogen) atoms. The molecule has 0 fully saturated rings. The Morgan fingerprint density at radius 1 is 0.500 bits per heavy atom. The predicted molar refractivity (Wildman–Crippen MR) is 178 cm³/mol. The van der Waals surface area contributed by atoms with Crippen molar-refractivity contribution in [1.29, 1.82) is 0 Å². The monoisotopic (exact) mass is 567 g/mol. The molecule has 208 valence electrons. The lowest BCUT2D eigenvalue weighted by Gasteiger charge is -2.24. The highest BCUT2D eigenvalue weighted by molar-refractivity contribution is 6.23. The van der Waals surface area contributed by atoms with E-state index in [0.717, 1.165) is 77.5 Å². The van der Waals surface area contributed by atoms with E-state index in [-0.39, 0.29) is 6.17 Å². The van der Waals surface area contributed by atoms with E-state index in [2.05, 4.69) is 66.0 Å². The van der Waals surface area contributed by atoms with Crippen molar-refractivity contribution < 1.29 is 8.83 Å². The highest BCUT2D eigenvalue weighted by atomic mass is 16.3. The molecule has 0 radical (unpaired) electrons. The van der Waals surface area contributed by atoms with Crippen molar-refractivity contribution in [3.8, 4) is 11.1 Å². The zero-order valence-corrected chi connectivity index (χ0v) is 23.6. The third-order valence-corrected chi connectivity index (χ3v) is 8.34. The minimum absolute atomic E-state index is 0.308. The molecule has 1 unspecified atom stereocenters. The van der Waals surface area contributed by atoms with Gasteiger partial charge >= 0.3 is 0 Å². The summed E-state index contributed by atoms with van der Waals surface area (Å²) in [4.78, 5) is 10.4. The maximum atomic E-state index is 6.51. The lowest BCUT2D eigenvalue weighted by molar-refractivity contribution is 0.668. The van der Waals surface area contributed by atoms with E-state index < -0.39 is 0 Å². The average molecular weight is 568 g/mol. The minimum Gasteiger partial charge on any atom is -0.456 e. The van der Waals surface area contributed by atoms with Gasteiger partial charge in [-0.3, -0.25) is 0 Å². The number of benzene rings is 6. The van der Waals surface area contributed by atoms with Crippen LogP contribution in [0.5, 0.6) is 0 Å². The summed E-state index contributed by atoms with van der Waals surface area (Å²) in [6.07, 6.45) is -0.308. The molecule has 1 aliphatic rings. The topological polar surface area (TPSA) is 63.0 Å². The minimum atomic E-state index is -0.308. The van der Waals surface area contributed by atoms with E-state index in [0.29, 0.717) is 5.84 Å². The van der Waals surface area contributed by atoms with E-state index >= 15 is 0 Å². The normalized spacial score (nSPS) is 15.0. The Kier molecular flexibility index (Phi) is 5.50. The van der Waals surface area contributed by atoms with Crippen LogP contribution in [-0.4, -0.2) is 11.7 Å².